The quantitative estimate of drug-likeness (QED) is 0.465. The molecule has 4 aromatic rings. The molecule has 1 aromatic carbocycles. The molecule has 0 aliphatic rings. The van der Waals surface area contributed by atoms with E-state index in [1.807, 2.05) is 66.0 Å². The summed E-state index contributed by atoms with van der Waals surface area (Å²) in [6.07, 6.45) is 0.244. The molecule has 0 atom stereocenters. The molecule has 0 unspecified atom stereocenters. The number of aromatic amines is 1. The van der Waals surface area contributed by atoms with E-state index in [2.05, 4.69) is 20.5 Å². The minimum absolute atomic E-state index is 0.0419. The van der Waals surface area contributed by atoms with E-state index in [9.17, 15) is 4.79 Å². The lowest BCUT2D eigenvalue weighted by Crippen LogP contribution is -2.09. The molecule has 2 N–H and O–H groups in total. The van der Waals surface area contributed by atoms with Crippen molar-refractivity contribution in [3.8, 4) is 10.6 Å². The highest BCUT2D eigenvalue weighted by Crippen LogP contribution is 2.23. The third-order valence-electron chi connectivity index (χ3n) is 4.11. The maximum atomic E-state index is 12.6. The first-order chi connectivity index (χ1) is 13.3. The Kier molecular flexibility index (Phi) is 5.07. The van der Waals surface area contributed by atoms with Crippen molar-refractivity contribution < 1.29 is 4.79 Å². The molecule has 0 saturated carbocycles. The van der Waals surface area contributed by atoms with Crippen LogP contribution in [0.1, 0.15) is 21.7 Å². The summed E-state index contributed by atoms with van der Waals surface area (Å²) in [7, 11) is 0. The van der Waals surface area contributed by atoms with Gasteiger partial charge in [-0.05, 0) is 35.2 Å². The number of carbonyl (C=O) groups excluding carboxylic acids is 1. The highest BCUT2D eigenvalue weighted by molar-refractivity contribution is 7.13. The number of carbonyl (C=O) groups is 1. The van der Waals surface area contributed by atoms with E-state index in [1.54, 1.807) is 17.4 Å². The van der Waals surface area contributed by atoms with Crippen molar-refractivity contribution in [1.82, 2.24) is 15.2 Å². The van der Waals surface area contributed by atoms with E-state index in [-0.39, 0.29) is 12.2 Å². The highest BCUT2D eigenvalue weighted by atomic mass is 32.1. The maximum absolute atomic E-state index is 12.6. The second-order valence-corrected chi connectivity index (χ2v) is 7.05. The molecular weight excluding hydrogens is 356 g/mol. The van der Waals surface area contributed by atoms with Gasteiger partial charge in [0.15, 0.2) is 5.78 Å². The van der Waals surface area contributed by atoms with Crippen molar-refractivity contribution >= 4 is 22.9 Å². The van der Waals surface area contributed by atoms with Crippen LogP contribution in [0.2, 0.25) is 0 Å². The molecule has 3 aromatic heterocycles. The van der Waals surface area contributed by atoms with E-state index in [1.165, 1.54) is 0 Å². The number of hydrogen-bond donors (Lipinski definition) is 2. The summed E-state index contributed by atoms with van der Waals surface area (Å²) >= 11 is 1.62. The summed E-state index contributed by atoms with van der Waals surface area (Å²) in [5.41, 5.74) is 3.25. The molecule has 3 heterocycles. The van der Waals surface area contributed by atoms with Crippen LogP contribution in [0.3, 0.4) is 0 Å². The summed E-state index contributed by atoms with van der Waals surface area (Å²) in [6.45, 7) is 0.663. The number of anilines is 1. The Labute approximate surface area is 161 Å². The third-order valence-corrected chi connectivity index (χ3v) is 5.00. The van der Waals surface area contributed by atoms with Gasteiger partial charge in [0.05, 0.1) is 11.3 Å². The summed E-state index contributed by atoms with van der Waals surface area (Å²) in [4.78, 5) is 18.1. The van der Waals surface area contributed by atoms with Gasteiger partial charge in [0, 0.05) is 12.2 Å². The van der Waals surface area contributed by atoms with Gasteiger partial charge in [0.2, 0.25) is 0 Å². The largest absolute Gasteiger partial charge is 0.366 e. The first-order valence-corrected chi connectivity index (χ1v) is 9.52. The van der Waals surface area contributed by atoms with Gasteiger partial charge < -0.3 is 5.32 Å². The van der Waals surface area contributed by atoms with Gasteiger partial charge in [0.1, 0.15) is 17.2 Å². The van der Waals surface area contributed by atoms with E-state index in [0.717, 1.165) is 21.8 Å². The van der Waals surface area contributed by atoms with E-state index in [0.29, 0.717) is 18.1 Å². The molecule has 27 heavy (non-hydrogen) atoms. The Morgan fingerprint density at radius 3 is 2.74 bits per heavy atom. The van der Waals surface area contributed by atoms with Crippen LogP contribution in [0, 0.1) is 0 Å². The molecule has 134 valence electrons. The van der Waals surface area contributed by atoms with Crippen molar-refractivity contribution in [3.05, 3.63) is 89.1 Å². The van der Waals surface area contributed by atoms with Gasteiger partial charge in [-0.3, -0.25) is 9.89 Å². The number of hydrogen-bond acceptors (Lipinski definition) is 5. The lowest BCUT2D eigenvalue weighted by molar-refractivity contribution is 0.0987. The van der Waals surface area contributed by atoms with Crippen LogP contribution >= 0.6 is 11.3 Å². The molecule has 6 heteroatoms. The Hall–Kier alpha value is -3.25. The normalized spacial score (nSPS) is 10.7. The van der Waals surface area contributed by atoms with Gasteiger partial charge in [-0.15, -0.1) is 11.3 Å². The number of H-pyrrole nitrogens is 1. The summed E-state index contributed by atoms with van der Waals surface area (Å²) in [5, 5.41) is 12.5. The molecular formula is C21H18N4OS. The molecule has 0 fully saturated rings. The minimum atomic E-state index is -0.0419. The highest BCUT2D eigenvalue weighted by Gasteiger charge is 2.12. The lowest BCUT2D eigenvalue weighted by atomic mass is 10.1. The lowest BCUT2D eigenvalue weighted by Gasteiger charge is -2.07. The van der Waals surface area contributed by atoms with Crippen LogP contribution in [0.4, 0.5) is 5.82 Å². The van der Waals surface area contributed by atoms with E-state index < -0.39 is 0 Å². The number of rotatable bonds is 7. The molecule has 4 rings (SSSR count). The van der Waals surface area contributed by atoms with Crippen molar-refractivity contribution in [1.29, 1.82) is 0 Å². The smallest absolute Gasteiger partial charge is 0.187 e. The van der Waals surface area contributed by atoms with Gasteiger partial charge in [-0.2, -0.15) is 5.10 Å². The van der Waals surface area contributed by atoms with Crippen LogP contribution < -0.4 is 5.32 Å². The molecule has 0 aliphatic carbocycles. The topological polar surface area (TPSA) is 70.7 Å². The van der Waals surface area contributed by atoms with Crippen molar-refractivity contribution in [2.45, 2.75) is 13.0 Å². The summed E-state index contributed by atoms with van der Waals surface area (Å²) in [5.74, 6) is 0.647. The number of ketones is 1. The fourth-order valence-electron chi connectivity index (χ4n) is 2.74. The van der Waals surface area contributed by atoms with Crippen LogP contribution in [-0.4, -0.2) is 21.0 Å². The van der Waals surface area contributed by atoms with Crippen molar-refractivity contribution in [3.63, 3.8) is 0 Å². The monoisotopic (exact) mass is 374 g/mol. The summed E-state index contributed by atoms with van der Waals surface area (Å²) in [6, 6.07) is 21.4. The van der Waals surface area contributed by atoms with Crippen LogP contribution in [-0.2, 0) is 13.0 Å². The minimum Gasteiger partial charge on any atom is -0.366 e. The number of Topliss-reactive ketones (excluding diaryl/α,β-unsaturated/α-hetero) is 1. The average molecular weight is 374 g/mol. The Morgan fingerprint density at radius 1 is 1.04 bits per heavy atom. The fourth-order valence-corrected chi connectivity index (χ4v) is 3.43. The van der Waals surface area contributed by atoms with Gasteiger partial charge in [-0.25, -0.2) is 4.98 Å². The van der Waals surface area contributed by atoms with E-state index in [4.69, 9.17) is 0 Å². The number of aromatic nitrogens is 3. The number of pyridine rings is 1. The molecule has 0 spiro atoms. The fraction of sp³-hybridized carbons (Fsp3) is 0.0952. The zero-order valence-corrected chi connectivity index (χ0v) is 15.4. The maximum Gasteiger partial charge on any atom is 0.187 e. The second-order valence-electron chi connectivity index (χ2n) is 6.10. The molecule has 0 radical (unpaired) electrons. The summed E-state index contributed by atoms with van der Waals surface area (Å²) < 4.78 is 0. The SMILES string of the molecule is O=C(Cc1cc(-c2cccs2)n[nH]1)c1cccc(NCc2ccccc2)n1. The second kappa shape index (κ2) is 7.97. The number of thiophene rings is 1. The van der Waals surface area contributed by atoms with Gasteiger partial charge in [-0.1, -0.05) is 42.5 Å². The molecule has 0 bridgehead atoms. The zero-order chi connectivity index (χ0) is 18.5. The standard InChI is InChI=1S/C21H18N4OS/c26-19(13-16-12-18(25-24-16)20-9-5-11-27-20)17-8-4-10-21(23-17)22-14-15-6-2-1-3-7-15/h1-12H,13-14H2,(H,22,23)(H,24,25). The average Bonchev–Trinajstić information content (AvgIpc) is 3.39. The first kappa shape index (κ1) is 17.2. The number of benzene rings is 1. The predicted molar refractivity (Wildman–Crippen MR) is 108 cm³/mol. The zero-order valence-electron chi connectivity index (χ0n) is 14.6. The Bertz CT molecular complexity index is 1030. The van der Waals surface area contributed by atoms with Gasteiger partial charge in [0.25, 0.3) is 0 Å². The predicted octanol–water partition coefficient (Wildman–Crippen LogP) is 4.57. The van der Waals surface area contributed by atoms with Crippen LogP contribution in [0.15, 0.2) is 72.1 Å². The number of nitrogens with zero attached hydrogens (tertiary/aromatic N) is 2. The third kappa shape index (κ3) is 4.30. The molecule has 5 nitrogen and oxygen atoms in total. The van der Waals surface area contributed by atoms with Gasteiger partial charge >= 0.3 is 0 Å². The molecule has 0 aliphatic heterocycles. The molecule has 0 saturated heterocycles. The molecule has 0 amide bonds. The van der Waals surface area contributed by atoms with E-state index >= 15 is 0 Å². The van der Waals surface area contributed by atoms with Crippen LogP contribution in [0.25, 0.3) is 10.6 Å². The van der Waals surface area contributed by atoms with Crippen LogP contribution in [0.5, 0.6) is 0 Å². The number of nitrogens with one attached hydrogen (secondary N) is 2. The van der Waals surface area contributed by atoms with Crippen molar-refractivity contribution in [2.24, 2.45) is 0 Å². The Morgan fingerprint density at radius 2 is 1.93 bits per heavy atom. The van der Waals surface area contributed by atoms with Crippen molar-refractivity contribution in [2.75, 3.05) is 5.32 Å². The first-order valence-electron chi connectivity index (χ1n) is 8.64. The Balaban J connectivity index is 1.41.